The molecule has 0 unspecified atom stereocenters. The Morgan fingerprint density at radius 2 is 1.76 bits per heavy atom. The van der Waals surface area contributed by atoms with Gasteiger partial charge in [0, 0.05) is 24.8 Å². The third-order valence-corrected chi connectivity index (χ3v) is 6.69. The highest BCUT2D eigenvalue weighted by Gasteiger charge is 2.35. The van der Waals surface area contributed by atoms with Crippen LogP contribution < -0.4 is 15.4 Å². The number of carbonyl (C=O) groups is 2. The summed E-state index contributed by atoms with van der Waals surface area (Å²) < 4.78 is 32.1. The molecule has 154 valence electrons. The molecule has 0 spiro atoms. The Balaban J connectivity index is 1.58. The summed E-state index contributed by atoms with van der Waals surface area (Å²) in [7, 11) is -2.11. The van der Waals surface area contributed by atoms with E-state index in [2.05, 4.69) is 10.6 Å². The monoisotopic (exact) mass is 417 g/mol. The van der Waals surface area contributed by atoms with Gasteiger partial charge in [0.05, 0.1) is 12.0 Å². The van der Waals surface area contributed by atoms with Crippen LogP contribution in [0.25, 0.3) is 0 Å². The summed E-state index contributed by atoms with van der Waals surface area (Å²) in [5, 5.41) is 5.04. The number of hydrogen-bond acceptors (Lipinski definition) is 5. The normalized spacial score (nSPS) is 16.9. The topological polar surface area (TPSA) is 105 Å². The number of benzene rings is 2. The fraction of sp³-hybridized carbons (Fsp3) is 0.300. The van der Waals surface area contributed by atoms with Crippen LogP contribution in [0.5, 0.6) is 5.75 Å². The van der Waals surface area contributed by atoms with E-state index in [1.54, 1.807) is 54.6 Å². The van der Waals surface area contributed by atoms with Gasteiger partial charge in [-0.05, 0) is 49.2 Å². The third kappa shape index (κ3) is 4.93. The molecule has 2 N–H and O–H groups in total. The fourth-order valence-electron chi connectivity index (χ4n) is 3.21. The van der Waals surface area contributed by atoms with Gasteiger partial charge in [0.2, 0.25) is 10.0 Å². The van der Waals surface area contributed by atoms with Gasteiger partial charge < -0.3 is 15.4 Å². The van der Waals surface area contributed by atoms with E-state index in [1.807, 2.05) is 0 Å². The molecule has 1 atom stereocenters. The van der Waals surface area contributed by atoms with Crippen LogP contribution in [0.2, 0.25) is 0 Å². The summed E-state index contributed by atoms with van der Waals surface area (Å²) in [6, 6.07) is 14.4. The Labute approximate surface area is 169 Å². The van der Waals surface area contributed by atoms with Gasteiger partial charge in [0.15, 0.2) is 0 Å². The van der Waals surface area contributed by atoms with Crippen molar-refractivity contribution in [3.8, 4) is 5.75 Å². The highest BCUT2D eigenvalue weighted by Crippen LogP contribution is 2.25. The number of anilines is 1. The van der Waals surface area contributed by atoms with Crippen molar-refractivity contribution in [3.05, 3.63) is 54.6 Å². The average Bonchev–Trinajstić information content (AvgIpc) is 3.22. The Kier molecular flexibility index (Phi) is 6.50. The zero-order valence-electron chi connectivity index (χ0n) is 16.0. The Morgan fingerprint density at radius 3 is 2.41 bits per heavy atom. The van der Waals surface area contributed by atoms with E-state index >= 15 is 0 Å². The lowest BCUT2D eigenvalue weighted by Gasteiger charge is -2.24. The number of methoxy groups -OCH3 is 1. The van der Waals surface area contributed by atoms with Crippen LogP contribution in [-0.2, 0) is 19.6 Å². The molecule has 0 bridgehead atoms. The van der Waals surface area contributed by atoms with E-state index in [0.29, 0.717) is 30.8 Å². The molecule has 29 heavy (non-hydrogen) atoms. The van der Waals surface area contributed by atoms with Crippen LogP contribution in [0.4, 0.5) is 5.69 Å². The number of ether oxygens (including phenoxy) is 1. The smallest absolute Gasteiger partial charge is 0.313 e. The molecular weight excluding hydrogens is 394 g/mol. The van der Waals surface area contributed by atoms with Crippen molar-refractivity contribution in [2.75, 3.05) is 25.5 Å². The van der Waals surface area contributed by atoms with Crippen molar-refractivity contribution >= 4 is 27.5 Å². The lowest BCUT2D eigenvalue weighted by atomic mass is 10.2. The highest BCUT2D eigenvalue weighted by atomic mass is 32.2. The van der Waals surface area contributed by atoms with E-state index in [0.717, 1.165) is 0 Å². The quantitative estimate of drug-likeness (QED) is 0.695. The predicted octanol–water partition coefficient (Wildman–Crippen LogP) is 1.60. The molecule has 1 saturated heterocycles. The Hall–Kier alpha value is -2.91. The summed E-state index contributed by atoms with van der Waals surface area (Å²) in [6.07, 6.45) is 1.32. The standard InChI is InChI=1S/C20H23N3O5S/c1-28-17-11-9-15(10-12-17)22-20(25)19(24)21-14-16-6-5-13-23(16)29(26,27)18-7-3-2-4-8-18/h2-4,7-12,16H,5-6,13-14H2,1H3,(H,21,24)(H,22,25)/t16-/m0/s1. The second kappa shape index (κ2) is 9.06. The molecule has 2 aromatic rings. The van der Waals surface area contributed by atoms with E-state index in [4.69, 9.17) is 4.74 Å². The molecule has 1 fully saturated rings. The first-order chi connectivity index (χ1) is 13.9. The maximum absolute atomic E-state index is 12.8. The number of rotatable bonds is 6. The van der Waals surface area contributed by atoms with Gasteiger partial charge in [-0.15, -0.1) is 0 Å². The van der Waals surface area contributed by atoms with E-state index in [1.165, 1.54) is 11.4 Å². The van der Waals surface area contributed by atoms with E-state index in [9.17, 15) is 18.0 Å². The van der Waals surface area contributed by atoms with Crippen molar-refractivity contribution < 1.29 is 22.7 Å². The summed E-state index contributed by atoms with van der Waals surface area (Å²) >= 11 is 0. The van der Waals surface area contributed by atoms with Crippen LogP contribution in [0.3, 0.4) is 0 Å². The molecule has 9 heteroatoms. The molecule has 0 radical (unpaired) electrons. The highest BCUT2D eigenvalue weighted by molar-refractivity contribution is 7.89. The van der Waals surface area contributed by atoms with Gasteiger partial charge in [0.1, 0.15) is 5.75 Å². The van der Waals surface area contributed by atoms with Gasteiger partial charge in [-0.2, -0.15) is 4.31 Å². The van der Waals surface area contributed by atoms with Crippen molar-refractivity contribution in [2.24, 2.45) is 0 Å². The fourth-order valence-corrected chi connectivity index (χ4v) is 4.92. The lowest BCUT2D eigenvalue weighted by molar-refractivity contribution is -0.136. The lowest BCUT2D eigenvalue weighted by Crippen LogP contribution is -2.45. The molecule has 0 saturated carbocycles. The first-order valence-electron chi connectivity index (χ1n) is 9.22. The van der Waals surface area contributed by atoms with Gasteiger partial charge in [0.25, 0.3) is 0 Å². The second-order valence-electron chi connectivity index (χ2n) is 6.62. The molecule has 1 heterocycles. The number of nitrogens with zero attached hydrogens (tertiary/aromatic N) is 1. The first-order valence-corrected chi connectivity index (χ1v) is 10.7. The van der Waals surface area contributed by atoms with Gasteiger partial charge >= 0.3 is 11.8 Å². The van der Waals surface area contributed by atoms with E-state index in [-0.39, 0.29) is 11.4 Å². The van der Waals surface area contributed by atoms with Gasteiger partial charge in [-0.3, -0.25) is 9.59 Å². The molecule has 2 amide bonds. The molecule has 3 rings (SSSR count). The van der Waals surface area contributed by atoms with Crippen molar-refractivity contribution in [3.63, 3.8) is 0 Å². The molecular formula is C20H23N3O5S. The van der Waals surface area contributed by atoms with Crippen LogP contribution >= 0.6 is 0 Å². The Morgan fingerprint density at radius 1 is 1.07 bits per heavy atom. The number of nitrogens with one attached hydrogen (secondary N) is 2. The molecule has 2 aromatic carbocycles. The van der Waals surface area contributed by atoms with Crippen molar-refractivity contribution in [2.45, 2.75) is 23.8 Å². The molecule has 1 aliphatic rings. The molecule has 8 nitrogen and oxygen atoms in total. The first kappa shape index (κ1) is 20.8. The molecule has 1 aliphatic heterocycles. The largest absolute Gasteiger partial charge is 0.497 e. The number of carbonyl (C=O) groups excluding carboxylic acids is 2. The minimum atomic E-state index is -3.64. The average molecular weight is 417 g/mol. The van der Waals surface area contributed by atoms with Crippen LogP contribution in [0, 0.1) is 0 Å². The van der Waals surface area contributed by atoms with Gasteiger partial charge in [-0.25, -0.2) is 8.42 Å². The number of amides is 2. The minimum Gasteiger partial charge on any atom is -0.497 e. The summed E-state index contributed by atoms with van der Waals surface area (Å²) in [5.41, 5.74) is 0.458. The molecule has 0 aliphatic carbocycles. The van der Waals surface area contributed by atoms with Crippen molar-refractivity contribution in [1.29, 1.82) is 0 Å². The summed E-state index contributed by atoms with van der Waals surface area (Å²) in [6.45, 7) is 0.455. The molecule has 0 aromatic heterocycles. The maximum atomic E-state index is 12.8. The SMILES string of the molecule is COc1ccc(NC(=O)C(=O)NC[C@@H]2CCCN2S(=O)(=O)c2ccccc2)cc1. The van der Waals surface area contributed by atoms with Crippen LogP contribution in [0.15, 0.2) is 59.5 Å². The van der Waals surface area contributed by atoms with Gasteiger partial charge in [-0.1, -0.05) is 18.2 Å². The minimum absolute atomic E-state index is 0.0704. The third-order valence-electron chi connectivity index (χ3n) is 4.73. The van der Waals surface area contributed by atoms with Crippen LogP contribution in [-0.4, -0.2) is 50.8 Å². The number of hydrogen-bond donors (Lipinski definition) is 2. The number of sulfonamides is 1. The van der Waals surface area contributed by atoms with Crippen molar-refractivity contribution in [1.82, 2.24) is 9.62 Å². The Bertz CT molecular complexity index is 961. The zero-order valence-corrected chi connectivity index (χ0v) is 16.8. The predicted molar refractivity (Wildman–Crippen MR) is 108 cm³/mol. The summed E-state index contributed by atoms with van der Waals surface area (Å²) in [4.78, 5) is 24.4. The zero-order chi connectivity index (χ0) is 20.9. The van der Waals surface area contributed by atoms with E-state index < -0.39 is 27.9 Å². The maximum Gasteiger partial charge on any atom is 0.313 e. The summed E-state index contributed by atoms with van der Waals surface area (Å²) in [5.74, 6) is -0.996. The second-order valence-corrected chi connectivity index (χ2v) is 8.51. The van der Waals surface area contributed by atoms with Crippen LogP contribution in [0.1, 0.15) is 12.8 Å².